The molecule has 0 bridgehead atoms. The van der Waals surface area contributed by atoms with Gasteiger partial charge in [-0.25, -0.2) is 4.79 Å². The molecule has 0 saturated heterocycles. The fraction of sp³-hybridized carbons (Fsp3) is 0.250. The lowest BCUT2D eigenvalue weighted by molar-refractivity contribution is 0.0441. The van der Waals surface area contributed by atoms with Gasteiger partial charge in [0.1, 0.15) is 10.9 Å². The fourth-order valence-corrected chi connectivity index (χ4v) is 1.94. The molecule has 13 heavy (non-hydrogen) atoms. The lowest BCUT2D eigenvalue weighted by Gasteiger charge is -2.02. The van der Waals surface area contributed by atoms with Crippen LogP contribution in [0.15, 0.2) is 15.9 Å². The predicted molar refractivity (Wildman–Crippen MR) is 52.5 cm³/mol. The van der Waals surface area contributed by atoms with Crippen LogP contribution in [-0.4, -0.2) is 12.1 Å². The van der Waals surface area contributed by atoms with Crippen molar-refractivity contribution in [1.82, 2.24) is 0 Å². The van der Waals surface area contributed by atoms with Crippen LogP contribution >= 0.6 is 27.3 Å². The summed E-state index contributed by atoms with van der Waals surface area (Å²) in [5, 5.41) is 8.40. The Bertz CT molecular complexity index is 355. The van der Waals surface area contributed by atoms with E-state index in [0.717, 1.165) is 3.79 Å². The van der Waals surface area contributed by atoms with Crippen molar-refractivity contribution < 1.29 is 9.53 Å². The average molecular weight is 260 g/mol. The quantitative estimate of drug-likeness (QED) is 0.768. The fourth-order valence-electron chi connectivity index (χ4n) is 0.669. The van der Waals surface area contributed by atoms with Crippen LogP contribution in [-0.2, 0) is 4.74 Å². The average Bonchev–Trinajstić information content (AvgIpc) is 2.51. The Morgan fingerprint density at radius 1 is 1.77 bits per heavy atom. The predicted octanol–water partition coefficient (Wildman–Crippen LogP) is 2.58. The molecular weight excluding hydrogens is 254 g/mol. The molecule has 1 aromatic rings. The summed E-state index contributed by atoms with van der Waals surface area (Å²) in [5.74, 6) is -0.454. The Morgan fingerprint density at radius 3 is 2.92 bits per heavy atom. The number of rotatable bonds is 2. The van der Waals surface area contributed by atoms with Crippen LogP contribution in [0.3, 0.4) is 0 Å². The zero-order valence-corrected chi connectivity index (χ0v) is 9.18. The van der Waals surface area contributed by atoms with Gasteiger partial charge in [0.15, 0.2) is 6.10 Å². The lowest BCUT2D eigenvalue weighted by atomic mass is 10.4. The molecule has 0 N–H and O–H groups in total. The molecule has 0 spiro atoms. The summed E-state index contributed by atoms with van der Waals surface area (Å²) in [4.78, 5) is 11.7. The first-order valence-electron chi connectivity index (χ1n) is 3.49. The zero-order valence-electron chi connectivity index (χ0n) is 6.78. The first kappa shape index (κ1) is 10.2. The van der Waals surface area contributed by atoms with E-state index < -0.39 is 12.1 Å². The second-order valence-electron chi connectivity index (χ2n) is 2.28. The van der Waals surface area contributed by atoms with Crippen LogP contribution in [0.2, 0.25) is 0 Å². The molecule has 1 unspecified atom stereocenters. The summed E-state index contributed by atoms with van der Waals surface area (Å²) in [5.41, 5.74) is 0. The van der Waals surface area contributed by atoms with E-state index in [4.69, 9.17) is 10.00 Å². The van der Waals surface area contributed by atoms with Crippen molar-refractivity contribution in [2.75, 3.05) is 0 Å². The number of esters is 1. The minimum Gasteiger partial charge on any atom is -0.443 e. The van der Waals surface area contributed by atoms with Gasteiger partial charge in [0, 0.05) is 0 Å². The molecule has 0 aliphatic heterocycles. The van der Waals surface area contributed by atoms with E-state index in [1.54, 1.807) is 12.1 Å². The van der Waals surface area contributed by atoms with Gasteiger partial charge in [-0.3, -0.25) is 0 Å². The summed E-state index contributed by atoms with van der Waals surface area (Å²) >= 11 is 4.51. The van der Waals surface area contributed by atoms with E-state index in [1.165, 1.54) is 18.3 Å². The number of nitriles is 1. The Morgan fingerprint density at radius 2 is 2.46 bits per heavy atom. The van der Waals surface area contributed by atoms with E-state index >= 15 is 0 Å². The molecular formula is C8H6BrNO2S. The molecule has 0 radical (unpaired) electrons. The molecule has 1 heterocycles. The molecule has 0 aliphatic carbocycles. The number of ether oxygens (including phenoxy) is 1. The van der Waals surface area contributed by atoms with Crippen molar-refractivity contribution in [3.05, 3.63) is 20.8 Å². The summed E-state index contributed by atoms with van der Waals surface area (Å²) in [7, 11) is 0. The SMILES string of the molecule is CC(C#N)OC(=O)c1ccc(Br)s1. The number of carbonyl (C=O) groups excluding carboxylic acids is 1. The van der Waals surface area contributed by atoms with Gasteiger partial charge in [0.2, 0.25) is 0 Å². The summed E-state index contributed by atoms with van der Waals surface area (Å²) in [6, 6.07) is 5.24. The topological polar surface area (TPSA) is 50.1 Å². The van der Waals surface area contributed by atoms with Gasteiger partial charge in [-0.15, -0.1) is 11.3 Å². The maximum Gasteiger partial charge on any atom is 0.349 e. The highest BCUT2D eigenvalue weighted by atomic mass is 79.9. The molecule has 1 rings (SSSR count). The molecule has 0 saturated carbocycles. The molecule has 68 valence electrons. The van der Waals surface area contributed by atoms with Gasteiger partial charge < -0.3 is 4.74 Å². The lowest BCUT2D eigenvalue weighted by Crippen LogP contribution is -2.11. The van der Waals surface area contributed by atoms with Crippen molar-refractivity contribution >= 4 is 33.2 Å². The normalized spacial score (nSPS) is 11.8. The van der Waals surface area contributed by atoms with Crippen LogP contribution in [0.5, 0.6) is 0 Å². The molecule has 1 aromatic heterocycles. The van der Waals surface area contributed by atoms with Gasteiger partial charge >= 0.3 is 5.97 Å². The van der Waals surface area contributed by atoms with Crippen molar-refractivity contribution in [3.63, 3.8) is 0 Å². The van der Waals surface area contributed by atoms with E-state index in [1.807, 2.05) is 6.07 Å². The van der Waals surface area contributed by atoms with Crippen LogP contribution in [0.4, 0.5) is 0 Å². The minimum atomic E-state index is -0.701. The number of thiophene rings is 1. The van der Waals surface area contributed by atoms with Crippen LogP contribution in [0, 0.1) is 11.3 Å². The van der Waals surface area contributed by atoms with E-state index in [-0.39, 0.29) is 0 Å². The molecule has 3 nitrogen and oxygen atoms in total. The third-order valence-corrected chi connectivity index (χ3v) is 2.84. The van der Waals surface area contributed by atoms with Crippen molar-refractivity contribution in [2.45, 2.75) is 13.0 Å². The van der Waals surface area contributed by atoms with Crippen LogP contribution in [0.1, 0.15) is 16.6 Å². The van der Waals surface area contributed by atoms with Gasteiger partial charge in [-0.05, 0) is 35.0 Å². The highest BCUT2D eigenvalue weighted by Gasteiger charge is 2.12. The Labute approximate surface area is 88.1 Å². The highest BCUT2D eigenvalue weighted by Crippen LogP contribution is 2.22. The van der Waals surface area contributed by atoms with Gasteiger partial charge in [-0.1, -0.05) is 0 Å². The third-order valence-electron chi connectivity index (χ3n) is 1.24. The minimum absolute atomic E-state index is 0.454. The Balaban J connectivity index is 2.65. The third kappa shape index (κ3) is 2.83. The maximum atomic E-state index is 11.2. The van der Waals surface area contributed by atoms with E-state index in [0.29, 0.717) is 4.88 Å². The van der Waals surface area contributed by atoms with Crippen molar-refractivity contribution in [1.29, 1.82) is 5.26 Å². The number of carbonyl (C=O) groups is 1. The monoisotopic (exact) mass is 259 g/mol. The first-order valence-corrected chi connectivity index (χ1v) is 5.10. The number of hydrogen-bond donors (Lipinski definition) is 0. The largest absolute Gasteiger partial charge is 0.443 e. The molecule has 0 amide bonds. The smallest absolute Gasteiger partial charge is 0.349 e. The van der Waals surface area contributed by atoms with Crippen molar-refractivity contribution in [3.8, 4) is 6.07 Å². The number of halogens is 1. The van der Waals surface area contributed by atoms with Crippen LogP contribution in [0.25, 0.3) is 0 Å². The standard InChI is InChI=1S/C8H6BrNO2S/c1-5(4-10)12-8(11)6-2-3-7(9)13-6/h2-3,5H,1H3. The van der Waals surface area contributed by atoms with E-state index in [2.05, 4.69) is 15.9 Å². The maximum absolute atomic E-state index is 11.2. The molecule has 5 heteroatoms. The molecule has 0 fully saturated rings. The Hall–Kier alpha value is -0.860. The van der Waals surface area contributed by atoms with Crippen LogP contribution < -0.4 is 0 Å². The second-order valence-corrected chi connectivity index (χ2v) is 4.74. The zero-order chi connectivity index (χ0) is 9.84. The highest BCUT2D eigenvalue weighted by molar-refractivity contribution is 9.11. The molecule has 1 atom stereocenters. The van der Waals surface area contributed by atoms with E-state index in [9.17, 15) is 4.79 Å². The summed E-state index contributed by atoms with van der Waals surface area (Å²) < 4.78 is 5.65. The Kier molecular flexibility index (Phi) is 3.46. The summed E-state index contributed by atoms with van der Waals surface area (Å²) in [6.45, 7) is 1.53. The van der Waals surface area contributed by atoms with Crippen molar-refractivity contribution in [2.24, 2.45) is 0 Å². The first-order chi connectivity index (χ1) is 6.13. The number of hydrogen-bond acceptors (Lipinski definition) is 4. The van der Waals surface area contributed by atoms with Gasteiger partial charge in [0.05, 0.1) is 3.79 Å². The van der Waals surface area contributed by atoms with Gasteiger partial charge in [-0.2, -0.15) is 5.26 Å². The number of nitrogens with zero attached hydrogens (tertiary/aromatic N) is 1. The molecule has 0 aromatic carbocycles. The second kappa shape index (κ2) is 4.40. The van der Waals surface area contributed by atoms with Gasteiger partial charge in [0.25, 0.3) is 0 Å². The summed E-state index contributed by atoms with van der Waals surface area (Å²) in [6.07, 6.45) is -0.701. The molecule has 0 aliphatic rings.